The molecule has 0 atom stereocenters. The minimum absolute atomic E-state index is 0.590. The molecule has 0 saturated carbocycles. The number of nitrogens with two attached hydrogens (primary N) is 1. The molecule has 2 heterocycles. The molecule has 1 aromatic carbocycles. The fraction of sp³-hybridized carbons (Fsp3) is 0.312. The molecule has 0 saturated heterocycles. The van der Waals surface area contributed by atoms with Gasteiger partial charge in [-0.25, -0.2) is 4.68 Å². The Bertz CT molecular complexity index is 836. The summed E-state index contributed by atoms with van der Waals surface area (Å²) in [5.74, 6) is 2.66. The van der Waals surface area contributed by atoms with Crippen molar-refractivity contribution in [3.63, 3.8) is 0 Å². The summed E-state index contributed by atoms with van der Waals surface area (Å²) in [7, 11) is 1.84. The van der Waals surface area contributed by atoms with Crippen molar-refractivity contribution in [3.05, 3.63) is 46.1 Å². The Morgan fingerprint density at radius 2 is 2.12 bits per heavy atom. The van der Waals surface area contributed by atoms with E-state index in [0.717, 1.165) is 47.5 Å². The molecule has 0 aliphatic carbocycles. The fourth-order valence-corrected chi connectivity index (χ4v) is 3.61. The van der Waals surface area contributed by atoms with E-state index in [0.29, 0.717) is 10.0 Å². The quantitative estimate of drug-likeness (QED) is 0.466. The van der Waals surface area contributed by atoms with Gasteiger partial charge in [0.25, 0.3) is 0 Å². The fourth-order valence-electron chi connectivity index (χ4n) is 2.30. The summed E-state index contributed by atoms with van der Waals surface area (Å²) in [6, 6.07) is 9.32. The number of hydrogen-bond acceptors (Lipinski definition) is 5. The lowest BCUT2D eigenvalue weighted by Gasteiger charge is -2.02. The molecule has 0 amide bonds. The average Bonchev–Trinajstić information content (AvgIpc) is 3.20. The van der Waals surface area contributed by atoms with Crippen LogP contribution in [0.1, 0.15) is 12.2 Å². The van der Waals surface area contributed by atoms with Gasteiger partial charge in [-0.05, 0) is 40.8 Å². The number of halogens is 2. The molecule has 0 unspecified atom stereocenters. The second-order valence-corrected chi connectivity index (χ2v) is 7.36. The Hall–Kier alpha value is -1.54. The third kappa shape index (κ3) is 4.98. The smallest absolute Gasteiger partial charge is 0.209 e. The van der Waals surface area contributed by atoms with Crippen LogP contribution in [-0.2, 0) is 13.6 Å². The van der Waals surface area contributed by atoms with E-state index in [1.807, 2.05) is 25.2 Å². The van der Waals surface area contributed by atoms with Crippen molar-refractivity contribution in [1.29, 1.82) is 0 Å². The number of aromatic nitrogens is 4. The number of hydrogen-bond donors (Lipinski definition) is 1. The van der Waals surface area contributed by atoms with Crippen LogP contribution >= 0.6 is 35.0 Å². The highest BCUT2D eigenvalue weighted by Gasteiger charge is 2.10. The summed E-state index contributed by atoms with van der Waals surface area (Å²) in [4.78, 5) is 0. The van der Waals surface area contributed by atoms with E-state index >= 15 is 0 Å². The SMILES string of the molecule is Cn1nnnc1SCCC[NH2+]Cc1ccc(-c2ccc(Cl)cc2Cl)o1. The van der Waals surface area contributed by atoms with Gasteiger partial charge in [-0.3, -0.25) is 0 Å². The molecule has 132 valence electrons. The molecule has 25 heavy (non-hydrogen) atoms. The van der Waals surface area contributed by atoms with Crippen LogP contribution in [-0.4, -0.2) is 32.5 Å². The number of thioether (sulfide) groups is 1. The standard InChI is InChI=1S/C16H17Cl2N5OS/c1-23-16(20-21-22-23)25-8-2-7-19-10-12-4-6-15(24-12)13-5-3-11(17)9-14(13)18/h3-6,9,19H,2,7-8,10H2,1H3/p+1. The third-order valence-corrected chi connectivity index (χ3v) is 5.21. The van der Waals surface area contributed by atoms with Gasteiger partial charge in [-0.1, -0.05) is 35.0 Å². The Balaban J connectivity index is 1.42. The van der Waals surface area contributed by atoms with Gasteiger partial charge >= 0.3 is 0 Å². The number of rotatable bonds is 8. The van der Waals surface area contributed by atoms with Crippen molar-refractivity contribution in [2.45, 2.75) is 18.1 Å². The van der Waals surface area contributed by atoms with Crippen molar-refractivity contribution in [1.82, 2.24) is 20.2 Å². The summed E-state index contributed by atoms with van der Waals surface area (Å²) in [6.45, 7) is 1.80. The molecule has 0 fully saturated rings. The Morgan fingerprint density at radius 1 is 1.24 bits per heavy atom. The monoisotopic (exact) mass is 398 g/mol. The van der Waals surface area contributed by atoms with Gasteiger partial charge in [0.1, 0.15) is 12.3 Å². The van der Waals surface area contributed by atoms with E-state index in [9.17, 15) is 0 Å². The molecular formula is C16H18Cl2N5OS+. The topological polar surface area (TPSA) is 73.3 Å². The maximum Gasteiger partial charge on any atom is 0.209 e. The van der Waals surface area contributed by atoms with Crippen LogP contribution in [0.15, 0.2) is 39.9 Å². The number of tetrazole rings is 1. The molecule has 0 aliphatic heterocycles. The van der Waals surface area contributed by atoms with Crippen molar-refractivity contribution in [2.75, 3.05) is 12.3 Å². The highest BCUT2D eigenvalue weighted by atomic mass is 35.5. The molecule has 3 rings (SSSR count). The first-order valence-electron chi connectivity index (χ1n) is 7.84. The summed E-state index contributed by atoms with van der Waals surface area (Å²) >= 11 is 13.8. The molecule has 0 spiro atoms. The van der Waals surface area contributed by atoms with Crippen molar-refractivity contribution < 1.29 is 9.73 Å². The van der Waals surface area contributed by atoms with Gasteiger partial charge in [-0.15, -0.1) is 5.10 Å². The maximum absolute atomic E-state index is 6.22. The third-order valence-electron chi connectivity index (χ3n) is 3.57. The maximum atomic E-state index is 6.22. The van der Waals surface area contributed by atoms with Crippen molar-refractivity contribution in [3.8, 4) is 11.3 Å². The minimum Gasteiger partial charge on any atom is -0.455 e. The minimum atomic E-state index is 0.590. The summed E-state index contributed by atoms with van der Waals surface area (Å²) in [5.41, 5.74) is 0.853. The predicted molar refractivity (Wildman–Crippen MR) is 98.8 cm³/mol. The first-order chi connectivity index (χ1) is 12.1. The summed E-state index contributed by atoms with van der Waals surface area (Å²) < 4.78 is 7.56. The van der Waals surface area contributed by atoms with E-state index in [1.165, 1.54) is 0 Å². The predicted octanol–water partition coefficient (Wildman–Crippen LogP) is 3.02. The van der Waals surface area contributed by atoms with Gasteiger partial charge in [0.15, 0.2) is 5.76 Å². The van der Waals surface area contributed by atoms with Gasteiger partial charge in [0, 0.05) is 29.8 Å². The molecule has 0 bridgehead atoms. The van der Waals surface area contributed by atoms with Crippen LogP contribution in [0.4, 0.5) is 0 Å². The van der Waals surface area contributed by atoms with Crippen LogP contribution in [0, 0.1) is 0 Å². The van der Waals surface area contributed by atoms with Gasteiger partial charge in [0.05, 0.1) is 11.6 Å². The molecular weight excluding hydrogens is 381 g/mol. The molecule has 6 nitrogen and oxygen atoms in total. The average molecular weight is 399 g/mol. The molecule has 9 heteroatoms. The van der Waals surface area contributed by atoms with E-state index in [2.05, 4.69) is 20.8 Å². The van der Waals surface area contributed by atoms with Gasteiger partial charge < -0.3 is 9.73 Å². The Labute approximate surface area is 159 Å². The lowest BCUT2D eigenvalue weighted by molar-refractivity contribution is -0.672. The van der Waals surface area contributed by atoms with Gasteiger partial charge in [0.2, 0.25) is 5.16 Å². The van der Waals surface area contributed by atoms with Crippen LogP contribution in [0.5, 0.6) is 0 Å². The molecule has 3 aromatic rings. The van der Waals surface area contributed by atoms with Crippen LogP contribution in [0.3, 0.4) is 0 Å². The van der Waals surface area contributed by atoms with Crippen LogP contribution < -0.4 is 5.32 Å². The van der Waals surface area contributed by atoms with Crippen molar-refractivity contribution >= 4 is 35.0 Å². The second-order valence-electron chi connectivity index (χ2n) is 5.46. The Kier molecular flexibility index (Phi) is 6.36. The Morgan fingerprint density at radius 3 is 2.88 bits per heavy atom. The zero-order valence-corrected chi connectivity index (χ0v) is 16.0. The number of quaternary nitrogens is 1. The highest BCUT2D eigenvalue weighted by Crippen LogP contribution is 2.31. The number of furan rings is 1. The molecule has 2 aromatic heterocycles. The first kappa shape index (κ1) is 18.3. The molecule has 0 radical (unpaired) electrons. The van der Waals surface area contributed by atoms with E-state index in [4.69, 9.17) is 27.6 Å². The van der Waals surface area contributed by atoms with E-state index in [-0.39, 0.29) is 0 Å². The lowest BCUT2D eigenvalue weighted by Crippen LogP contribution is -2.82. The van der Waals surface area contributed by atoms with Crippen LogP contribution in [0.2, 0.25) is 10.0 Å². The largest absolute Gasteiger partial charge is 0.455 e. The summed E-state index contributed by atoms with van der Waals surface area (Å²) in [6.07, 6.45) is 1.06. The van der Waals surface area contributed by atoms with E-state index < -0.39 is 0 Å². The lowest BCUT2D eigenvalue weighted by atomic mass is 10.2. The normalized spacial score (nSPS) is 11.2. The second kappa shape index (κ2) is 8.71. The molecule has 2 N–H and O–H groups in total. The highest BCUT2D eigenvalue weighted by molar-refractivity contribution is 7.99. The zero-order chi connectivity index (χ0) is 17.6. The number of benzene rings is 1. The van der Waals surface area contributed by atoms with Crippen LogP contribution in [0.25, 0.3) is 11.3 Å². The first-order valence-corrected chi connectivity index (χ1v) is 9.58. The molecule has 0 aliphatic rings. The van der Waals surface area contributed by atoms with Crippen molar-refractivity contribution in [2.24, 2.45) is 7.05 Å². The van der Waals surface area contributed by atoms with Gasteiger partial charge in [-0.2, -0.15) is 0 Å². The summed E-state index contributed by atoms with van der Waals surface area (Å²) in [5, 5.41) is 15.6. The van der Waals surface area contributed by atoms with E-state index in [1.54, 1.807) is 28.6 Å². The zero-order valence-electron chi connectivity index (χ0n) is 13.7. The number of nitrogens with zero attached hydrogens (tertiary/aromatic N) is 4. The number of aryl methyl sites for hydroxylation is 1.